The molecule has 0 spiro atoms. The van der Waals surface area contributed by atoms with Gasteiger partial charge in [0, 0.05) is 6.54 Å². The van der Waals surface area contributed by atoms with Crippen LogP contribution in [0.4, 0.5) is 4.79 Å². The van der Waals surface area contributed by atoms with Crippen molar-refractivity contribution in [2.75, 3.05) is 0 Å². The Bertz CT molecular complexity index is 412. The molecule has 1 aromatic heterocycles. The average molecular weight is 192 g/mol. The highest BCUT2D eigenvalue weighted by Gasteiger charge is 2.10. The van der Waals surface area contributed by atoms with Crippen molar-refractivity contribution < 1.29 is 4.79 Å². The van der Waals surface area contributed by atoms with Crippen LogP contribution in [-0.2, 0) is 6.54 Å². The summed E-state index contributed by atoms with van der Waals surface area (Å²) in [6.45, 7) is 1.81. The maximum atomic E-state index is 11.1. The molecule has 0 bridgehead atoms. The highest BCUT2D eigenvalue weighted by Crippen LogP contribution is 1.81. The molecule has 7 heteroatoms. The molecule has 0 aromatic carbocycles. The number of H-pyrrole nitrogens is 1. The van der Waals surface area contributed by atoms with Gasteiger partial charge in [-0.25, -0.2) is 19.3 Å². The van der Waals surface area contributed by atoms with Crippen molar-refractivity contribution in [3.05, 3.63) is 21.0 Å². The largest absolute Gasteiger partial charge is 0.355 e. The molecule has 6 nitrogen and oxygen atoms in total. The van der Waals surface area contributed by atoms with Gasteiger partial charge in [-0.3, -0.25) is 4.79 Å². The normalized spacial score (nSPS) is 10.2. The lowest BCUT2D eigenvalue weighted by molar-refractivity contribution is 0.257. The third-order valence-corrected chi connectivity index (χ3v) is 1.54. The predicted molar refractivity (Wildman–Crippen MR) is 41.6 cm³/mol. The minimum atomic E-state index is -1.02. The van der Waals surface area contributed by atoms with E-state index in [2.05, 4.69) is 0 Å². The van der Waals surface area contributed by atoms with E-state index in [4.69, 9.17) is 11.6 Å². The van der Waals surface area contributed by atoms with Gasteiger partial charge in [-0.05, 0) is 18.5 Å². The number of carbonyl (C=O) groups excluding carboxylic acids is 1. The number of aromatic nitrogens is 3. The van der Waals surface area contributed by atoms with Crippen LogP contribution in [0.3, 0.4) is 0 Å². The van der Waals surface area contributed by atoms with Gasteiger partial charge in [0.25, 0.3) is 0 Å². The number of nitrogens with one attached hydrogen (secondary N) is 1. The molecule has 0 fully saturated rings. The molecule has 0 unspecified atom stereocenters. The van der Waals surface area contributed by atoms with Crippen LogP contribution in [0.5, 0.6) is 0 Å². The van der Waals surface area contributed by atoms with Crippen LogP contribution in [0.25, 0.3) is 0 Å². The highest BCUT2D eigenvalue weighted by atomic mass is 35.5. The number of carbonyl (C=O) groups is 1. The van der Waals surface area contributed by atoms with E-state index in [0.717, 1.165) is 4.57 Å². The second kappa shape index (κ2) is 2.98. The Morgan fingerprint density at radius 1 is 1.58 bits per heavy atom. The van der Waals surface area contributed by atoms with Crippen molar-refractivity contribution in [2.45, 2.75) is 13.5 Å². The van der Waals surface area contributed by atoms with Crippen LogP contribution in [0.15, 0.2) is 9.59 Å². The fourth-order valence-corrected chi connectivity index (χ4v) is 0.924. The molecule has 1 N–H and O–H groups in total. The topological polar surface area (TPSA) is 76.9 Å². The van der Waals surface area contributed by atoms with E-state index in [1.54, 1.807) is 6.92 Å². The predicted octanol–water partition coefficient (Wildman–Crippen LogP) is -0.435. The van der Waals surface area contributed by atoms with Crippen molar-refractivity contribution in [3.8, 4) is 0 Å². The van der Waals surface area contributed by atoms with Gasteiger partial charge in [0.15, 0.2) is 0 Å². The molecule has 0 amide bonds. The van der Waals surface area contributed by atoms with Crippen LogP contribution in [-0.4, -0.2) is 19.7 Å². The Balaban J connectivity index is 3.48. The minimum Gasteiger partial charge on any atom is -0.253 e. The van der Waals surface area contributed by atoms with Gasteiger partial charge in [-0.1, -0.05) is 0 Å². The Morgan fingerprint density at radius 2 is 2.17 bits per heavy atom. The monoisotopic (exact) mass is 191 g/mol. The van der Waals surface area contributed by atoms with E-state index in [9.17, 15) is 14.4 Å². The minimum absolute atomic E-state index is 0.200. The summed E-state index contributed by atoms with van der Waals surface area (Å²) in [6, 6.07) is 0. The van der Waals surface area contributed by atoms with Gasteiger partial charge < -0.3 is 0 Å². The van der Waals surface area contributed by atoms with Gasteiger partial charge >= 0.3 is 16.7 Å². The van der Waals surface area contributed by atoms with Gasteiger partial charge in [0.05, 0.1) is 0 Å². The average Bonchev–Trinajstić information content (AvgIpc) is 2.27. The first-order valence-electron chi connectivity index (χ1n) is 3.19. The van der Waals surface area contributed by atoms with Crippen LogP contribution >= 0.6 is 11.6 Å². The molecule has 1 rings (SSSR count). The first-order chi connectivity index (χ1) is 5.57. The van der Waals surface area contributed by atoms with E-state index in [0.29, 0.717) is 4.68 Å². The third-order valence-electron chi connectivity index (χ3n) is 1.37. The van der Waals surface area contributed by atoms with Crippen LogP contribution < -0.4 is 11.4 Å². The maximum absolute atomic E-state index is 11.1. The summed E-state index contributed by atoms with van der Waals surface area (Å²) in [5.41, 5.74) is -1.39. The number of rotatable bonds is 1. The van der Waals surface area contributed by atoms with E-state index in [1.807, 2.05) is 5.10 Å². The molecule has 1 aromatic rings. The van der Waals surface area contributed by atoms with Gasteiger partial charge in [-0.2, -0.15) is 4.68 Å². The van der Waals surface area contributed by atoms with Crippen LogP contribution in [0.2, 0.25) is 0 Å². The van der Waals surface area contributed by atoms with Crippen molar-refractivity contribution in [2.24, 2.45) is 0 Å². The molecule has 0 saturated carbocycles. The standard InChI is InChI=1S/C5H6ClN3O3/c1-2-8-4(11)7-9(3(6)10)5(8)12/h2H2,1H3,(H,7,11). The van der Waals surface area contributed by atoms with Crippen LogP contribution in [0, 0.1) is 0 Å². The Morgan fingerprint density at radius 3 is 2.42 bits per heavy atom. The number of aromatic amines is 1. The second-order valence-electron chi connectivity index (χ2n) is 2.03. The molecule has 12 heavy (non-hydrogen) atoms. The molecular formula is C5H6ClN3O3. The molecule has 0 atom stereocenters. The number of hydrogen-bond donors (Lipinski definition) is 1. The van der Waals surface area contributed by atoms with Crippen LogP contribution in [0.1, 0.15) is 6.92 Å². The van der Waals surface area contributed by atoms with E-state index < -0.39 is 16.7 Å². The zero-order valence-electron chi connectivity index (χ0n) is 6.20. The van der Waals surface area contributed by atoms with E-state index in [-0.39, 0.29) is 6.54 Å². The molecule has 0 aliphatic rings. The quantitative estimate of drug-likeness (QED) is 0.612. The van der Waals surface area contributed by atoms with E-state index >= 15 is 0 Å². The zero-order valence-corrected chi connectivity index (χ0v) is 6.96. The number of halogens is 1. The summed E-state index contributed by atoms with van der Waals surface area (Å²) in [4.78, 5) is 32.4. The fourth-order valence-electron chi connectivity index (χ4n) is 0.809. The van der Waals surface area contributed by atoms with Crippen molar-refractivity contribution >= 4 is 17.0 Å². The summed E-state index contributed by atoms with van der Waals surface area (Å²) in [5.74, 6) is 0. The third kappa shape index (κ3) is 1.20. The number of nitrogens with zero attached hydrogens (tertiary/aromatic N) is 2. The lowest BCUT2D eigenvalue weighted by Crippen LogP contribution is -2.29. The summed E-state index contributed by atoms with van der Waals surface area (Å²) in [5, 5.41) is 0.970. The molecule has 1 heterocycles. The van der Waals surface area contributed by atoms with E-state index in [1.165, 1.54) is 0 Å². The molecule has 0 aliphatic carbocycles. The summed E-state index contributed by atoms with van der Waals surface area (Å²) >= 11 is 4.99. The molecule has 0 radical (unpaired) electrons. The summed E-state index contributed by atoms with van der Waals surface area (Å²) in [7, 11) is 0. The summed E-state index contributed by atoms with van der Waals surface area (Å²) in [6.07, 6.45) is 0. The lowest BCUT2D eigenvalue weighted by Gasteiger charge is -1.88. The van der Waals surface area contributed by atoms with Gasteiger partial charge in [0.2, 0.25) is 0 Å². The highest BCUT2D eigenvalue weighted by molar-refractivity contribution is 6.63. The smallest absolute Gasteiger partial charge is 0.253 e. The van der Waals surface area contributed by atoms with Crippen molar-refractivity contribution in [1.82, 2.24) is 14.3 Å². The Hall–Kier alpha value is -1.30. The SMILES string of the molecule is CCn1c(=O)[nH]n(C(=O)Cl)c1=O. The lowest BCUT2D eigenvalue weighted by atomic mass is 10.7. The first-order valence-corrected chi connectivity index (χ1v) is 3.57. The Kier molecular flexibility index (Phi) is 2.18. The zero-order chi connectivity index (χ0) is 9.30. The maximum Gasteiger partial charge on any atom is 0.355 e. The molecular weight excluding hydrogens is 186 g/mol. The fraction of sp³-hybridized carbons (Fsp3) is 0.400. The van der Waals surface area contributed by atoms with Crippen molar-refractivity contribution in [1.29, 1.82) is 0 Å². The molecule has 0 saturated heterocycles. The number of hydrogen-bond acceptors (Lipinski definition) is 3. The van der Waals surface area contributed by atoms with Gasteiger partial charge in [0.1, 0.15) is 0 Å². The van der Waals surface area contributed by atoms with Crippen molar-refractivity contribution in [3.63, 3.8) is 0 Å². The second-order valence-corrected chi connectivity index (χ2v) is 2.36. The van der Waals surface area contributed by atoms with Gasteiger partial charge in [-0.15, -0.1) is 0 Å². The first kappa shape index (κ1) is 8.79. The molecule has 0 aliphatic heterocycles. The molecule has 66 valence electrons. The summed E-state index contributed by atoms with van der Waals surface area (Å²) < 4.78 is 1.31. The Labute approximate surface area is 71.4 Å².